The molecule has 0 aliphatic carbocycles. The number of hydrogen-bond donors (Lipinski definition) is 5. The Balaban J connectivity index is 0.000000172. The molecule has 6 N–H and O–H groups in total. The van der Waals surface area contributed by atoms with Gasteiger partial charge >= 0.3 is 17.9 Å². The van der Waals surface area contributed by atoms with E-state index in [2.05, 4.69) is 151 Å². The summed E-state index contributed by atoms with van der Waals surface area (Å²) >= 11 is 0. The molecule has 2 atom stereocenters. The number of carboxylic acid groups (broad SMARTS) is 2. The van der Waals surface area contributed by atoms with Crippen LogP contribution in [0, 0.1) is 0 Å². The zero-order valence-corrected chi connectivity index (χ0v) is 49.3. The number of aliphatic carboxylic acids is 1. The van der Waals surface area contributed by atoms with Crippen molar-refractivity contribution in [3.05, 3.63) is 345 Å². The van der Waals surface area contributed by atoms with E-state index in [1.807, 2.05) is 109 Å². The lowest BCUT2D eigenvalue weighted by Gasteiger charge is -2.14. The van der Waals surface area contributed by atoms with Crippen molar-refractivity contribution in [2.24, 2.45) is 5.73 Å². The second-order valence-electron chi connectivity index (χ2n) is 20.8. The SMILES string of the molecule is CN[C@@H](Cc1ccc(OCc2ccc(Cc3ccccc3)cc2)cc1)C(=O)OC.N[C@@H](Cc1ccc(OCc2ccc(Cc3ccccc3)cc2)cc1)C(=O)O.O=C(O)c1ccc(Cc2ccccc2)cc1.OCc1ccc(Cc2ccccc2)cc1. The van der Waals surface area contributed by atoms with Crippen LogP contribution in [0.25, 0.3) is 0 Å². The number of esters is 1. The molecule has 444 valence electrons. The van der Waals surface area contributed by atoms with Crippen LogP contribution in [0.2, 0.25) is 0 Å². The summed E-state index contributed by atoms with van der Waals surface area (Å²) in [6, 6.07) is 87.3. The monoisotopic (exact) mass is 1160 g/mol. The van der Waals surface area contributed by atoms with Gasteiger partial charge in [-0.1, -0.05) is 231 Å². The molecule has 0 aromatic heterocycles. The van der Waals surface area contributed by atoms with Crippen molar-refractivity contribution in [3.63, 3.8) is 0 Å². The number of carbonyl (C=O) groups excluding carboxylic acids is 1. The summed E-state index contributed by atoms with van der Waals surface area (Å²) in [5.74, 6) is -0.585. The van der Waals surface area contributed by atoms with Crippen molar-refractivity contribution in [1.29, 1.82) is 0 Å². The van der Waals surface area contributed by atoms with Crippen molar-refractivity contribution in [3.8, 4) is 11.5 Å². The maximum atomic E-state index is 11.7. The predicted octanol–water partition coefficient (Wildman–Crippen LogP) is 13.7. The number of aromatic carboxylic acids is 1. The van der Waals surface area contributed by atoms with E-state index in [1.54, 1.807) is 19.2 Å². The molecule has 0 spiro atoms. The van der Waals surface area contributed by atoms with Crippen molar-refractivity contribution < 1.29 is 43.9 Å². The lowest BCUT2D eigenvalue weighted by molar-refractivity contribution is -0.143. The number of nitrogens with one attached hydrogen (secondary N) is 1. The van der Waals surface area contributed by atoms with Gasteiger partial charge in [0.2, 0.25) is 0 Å². The number of benzene rings is 10. The predicted molar refractivity (Wildman–Crippen MR) is 345 cm³/mol. The summed E-state index contributed by atoms with van der Waals surface area (Å²) in [6.45, 7) is 1.12. The van der Waals surface area contributed by atoms with Gasteiger partial charge in [-0.3, -0.25) is 9.59 Å². The van der Waals surface area contributed by atoms with Crippen molar-refractivity contribution in [2.75, 3.05) is 14.2 Å². The molecule has 0 amide bonds. The molecule has 0 saturated heterocycles. The number of nitrogens with two attached hydrogens (primary N) is 1. The van der Waals surface area contributed by atoms with Gasteiger partial charge in [-0.25, -0.2) is 4.79 Å². The molecular formula is C76H76N2O9. The first kappa shape index (κ1) is 64.6. The summed E-state index contributed by atoms with van der Waals surface area (Å²) in [6.07, 6.45) is 4.52. The van der Waals surface area contributed by atoms with Gasteiger partial charge in [0.1, 0.15) is 36.8 Å². The van der Waals surface area contributed by atoms with Gasteiger partial charge in [0, 0.05) is 0 Å². The number of ether oxygens (including phenoxy) is 3. The third kappa shape index (κ3) is 23.2. The summed E-state index contributed by atoms with van der Waals surface area (Å²) in [5.41, 5.74) is 21.1. The summed E-state index contributed by atoms with van der Waals surface area (Å²) in [4.78, 5) is 33.2. The quantitative estimate of drug-likeness (QED) is 0.0385. The average molecular weight is 1160 g/mol. The fourth-order valence-electron chi connectivity index (χ4n) is 9.16. The highest BCUT2D eigenvalue weighted by molar-refractivity contribution is 5.87. The topological polar surface area (TPSA) is 178 Å². The number of likely N-dealkylation sites (N-methyl/N-ethyl adjacent to an activating group) is 1. The van der Waals surface area contributed by atoms with Crippen LogP contribution in [-0.2, 0) is 72.7 Å². The molecule has 11 nitrogen and oxygen atoms in total. The molecule has 0 aliphatic heterocycles. The Hall–Kier alpha value is -9.91. The van der Waals surface area contributed by atoms with E-state index in [0.717, 1.165) is 70.6 Å². The van der Waals surface area contributed by atoms with E-state index in [0.29, 0.717) is 31.6 Å². The molecule has 87 heavy (non-hydrogen) atoms. The third-order valence-electron chi connectivity index (χ3n) is 14.2. The molecule has 0 saturated carbocycles. The van der Waals surface area contributed by atoms with Crippen molar-refractivity contribution in [1.82, 2.24) is 5.32 Å². The maximum absolute atomic E-state index is 11.7. The molecule has 10 aromatic carbocycles. The fourth-order valence-corrected chi connectivity index (χ4v) is 9.16. The Morgan fingerprint density at radius 1 is 0.391 bits per heavy atom. The van der Waals surface area contributed by atoms with Crippen LogP contribution in [0.15, 0.2) is 267 Å². The van der Waals surface area contributed by atoms with E-state index in [-0.39, 0.29) is 18.6 Å². The van der Waals surface area contributed by atoms with Gasteiger partial charge in [-0.2, -0.15) is 0 Å². The van der Waals surface area contributed by atoms with Crippen LogP contribution in [0.5, 0.6) is 11.5 Å². The smallest absolute Gasteiger partial charge is 0.335 e. The highest BCUT2D eigenvalue weighted by Gasteiger charge is 2.17. The second kappa shape index (κ2) is 35.4. The number of carbonyl (C=O) groups is 3. The Labute approximate surface area is 511 Å². The van der Waals surface area contributed by atoms with Crippen LogP contribution in [0.1, 0.15) is 82.7 Å². The summed E-state index contributed by atoms with van der Waals surface area (Å²) < 4.78 is 16.5. The van der Waals surface area contributed by atoms with Gasteiger partial charge in [-0.05, 0) is 154 Å². The Bertz CT molecular complexity index is 3570. The highest BCUT2D eigenvalue weighted by Crippen LogP contribution is 2.20. The molecule has 11 heteroatoms. The van der Waals surface area contributed by atoms with Gasteiger partial charge in [-0.15, -0.1) is 0 Å². The zero-order valence-electron chi connectivity index (χ0n) is 49.3. The first-order valence-electron chi connectivity index (χ1n) is 28.9. The Morgan fingerprint density at radius 2 is 0.678 bits per heavy atom. The maximum Gasteiger partial charge on any atom is 0.335 e. The molecule has 0 aliphatic rings. The van der Waals surface area contributed by atoms with E-state index >= 15 is 0 Å². The first-order chi connectivity index (χ1) is 42.4. The Morgan fingerprint density at radius 3 is 0.977 bits per heavy atom. The lowest BCUT2D eigenvalue weighted by atomic mass is 10.0. The van der Waals surface area contributed by atoms with Crippen LogP contribution in [0.4, 0.5) is 0 Å². The molecular weight excluding hydrogens is 1080 g/mol. The summed E-state index contributed by atoms with van der Waals surface area (Å²) in [7, 11) is 3.15. The normalized spacial score (nSPS) is 11.1. The van der Waals surface area contributed by atoms with Crippen molar-refractivity contribution in [2.45, 2.75) is 70.4 Å². The highest BCUT2D eigenvalue weighted by atomic mass is 16.5. The minimum Gasteiger partial charge on any atom is -0.489 e. The van der Waals surface area contributed by atoms with Gasteiger partial charge < -0.3 is 40.6 Å². The lowest BCUT2D eigenvalue weighted by Crippen LogP contribution is -2.36. The number of carboxylic acids is 2. The van der Waals surface area contributed by atoms with E-state index in [1.165, 1.54) is 46.1 Å². The van der Waals surface area contributed by atoms with E-state index < -0.39 is 18.0 Å². The minimum atomic E-state index is -0.994. The van der Waals surface area contributed by atoms with E-state index in [4.69, 9.17) is 35.3 Å². The fraction of sp³-hybridized carbons (Fsp3) is 0.171. The zero-order chi connectivity index (χ0) is 61.4. The largest absolute Gasteiger partial charge is 0.489 e. The number of rotatable bonds is 23. The van der Waals surface area contributed by atoms with Crippen LogP contribution < -0.4 is 20.5 Å². The molecule has 10 rings (SSSR count). The van der Waals surface area contributed by atoms with Crippen LogP contribution >= 0.6 is 0 Å². The first-order valence-corrected chi connectivity index (χ1v) is 28.9. The average Bonchev–Trinajstić information content (AvgIpc) is 3.68. The number of methoxy groups -OCH3 is 1. The van der Waals surface area contributed by atoms with Gasteiger partial charge in [0.15, 0.2) is 0 Å². The van der Waals surface area contributed by atoms with E-state index in [9.17, 15) is 14.4 Å². The number of aliphatic hydroxyl groups is 1. The standard InChI is InChI=1S/C25H27NO3.C23H23NO3.C14H12O2.C14H14O/c1-26-24(25(27)28-2)17-21-12-14-23(15-13-21)29-18-22-10-8-20(9-11-22)16-19-6-4-3-5-7-19;24-22(23(25)26)15-19-10-12-21(13-11-19)27-16-20-8-6-18(7-9-20)14-17-4-2-1-3-5-17;15-14(16)13-8-6-12(7-9-13)10-11-4-2-1-3-5-11;15-11-14-8-6-13(7-9-14)10-12-4-2-1-3-5-12/h3-15,24,26H,16-18H2,1-2H3;1-13,22H,14-16,24H2,(H,25,26);1-9H,10H2,(H,15,16);1-9,15H,10-11H2/t24-;22-;;/m00../s1. The van der Waals surface area contributed by atoms with Crippen molar-refractivity contribution >= 4 is 17.9 Å². The van der Waals surface area contributed by atoms with Gasteiger partial charge in [0.25, 0.3) is 0 Å². The molecule has 10 aromatic rings. The third-order valence-corrected chi connectivity index (χ3v) is 14.2. The molecule has 0 fully saturated rings. The second-order valence-corrected chi connectivity index (χ2v) is 20.8. The minimum absolute atomic E-state index is 0.117. The number of aliphatic hydroxyl groups excluding tert-OH is 1. The molecule has 0 unspecified atom stereocenters. The van der Waals surface area contributed by atoms with Crippen LogP contribution in [0.3, 0.4) is 0 Å². The molecule has 0 bridgehead atoms. The Kier molecular flexibility index (Phi) is 26.3. The molecule has 0 radical (unpaired) electrons. The molecule has 0 heterocycles. The van der Waals surface area contributed by atoms with Gasteiger partial charge in [0.05, 0.1) is 19.3 Å². The number of hydrogen-bond acceptors (Lipinski definition) is 9. The van der Waals surface area contributed by atoms with Crippen LogP contribution in [-0.4, -0.2) is 59.5 Å². The summed E-state index contributed by atoms with van der Waals surface area (Å²) in [5, 5.41) is 29.5.